The number of anilines is 1. The molecule has 2 aromatic carbocycles. The second kappa shape index (κ2) is 6.69. The topological polar surface area (TPSA) is 46.6 Å². The molecule has 27 heavy (non-hydrogen) atoms. The van der Waals surface area contributed by atoms with Gasteiger partial charge in [0.2, 0.25) is 11.8 Å². The highest BCUT2D eigenvalue weighted by molar-refractivity contribution is 6.22. The molecule has 0 aromatic heterocycles. The SMILES string of the molecule is Cc1ccc(Oc2ccc(N3C(=O)[C@@H]4[C@@H](C)C=CC[C@H]4C3=O)cc2)cc1C. The van der Waals surface area contributed by atoms with Crippen molar-refractivity contribution in [3.63, 3.8) is 0 Å². The molecular formula is C23H23NO3. The molecule has 2 amide bonds. The van der Waals surface area contributed by atoms with Crippen LogP contribution in [0.5, 0.6) is 11.5 Å². The highest BCUT2D eigenvalue weighted by Gasteiger charge is 2.50. The second-order valence-electron chi connectivity index (χ2n) is 7.51. The Bertz CT molecular complexity index is 929. The van der Waals surface area contributed by atoms with Crippen molar-refractivity contribution in [3.05, 3.63) is 65.7 Å². The number of allylic oxidation sites excluding steroid dienone is 2. The minimum absolute atomic E-state index is 0.0929. The van der Waals surface area contributed by atoms with E-state index in [1.165, 1.54) is 16.0 Å². The van der Waals surface area contributed by atoms with Crippen molar-refractivity contribution >= 4 is 17.5 Å². The van der Waals surface area contributed by atoms with Crippen LogP contribution in [0.3, 0.4) is 0 Å². The van der Waals surface area contributed by atoms with E-state index >= 15 is 0 Å². The summed E-state index contributed by atoms with van der Waals surface area (Å²) in [6, 6.07) is 13.1. The number of ether oxygens (including phenoxy) is 1. The fraction of sp³-hybridized carbons (Fsp3) is 0.304. The molecular weight excluding hydrogens is 338 g/mol. The molecule has 1 saturated heterocycles. The summed E-state index contributed by atoms with van der Waals surface area (Å²) < 4.78 is 5.90. The van der Waals surface area contributed by atoms with Gasteiger partial charge < -0.3 is 4.74 Å². The summed E-state index contributed by atoms with van der Waals surface area (Å²) in [6.45, 7) is 6.11. The summed E-state index contributed by atoms with van der Waals surface area (Å²) in [5, 5.41) is 0. The zero-order valence-electron chi connectivity index (χ0n) is 15.8. The summed E-state index contributed by atoms with van der Waals surface area (Å²) in [5.41, 5.74) is 3.00. The molecule has 0 N–H and O–H groups in total. The van der Waals surface area contributed by atoms with E-state index in [0.717, 1.165) is 5.75 Å². The van der Waals surface area contributed by atoms with Crippen molar-refractivity contribution in [2.75, 3.05) is 4.90 Å². The Morgan fingerprint density at radius 3 is 2.30 bits per heavy atom. The fourth-order valence-electron chi connectivity index (χ4n) is 3.98. The number of fused-ring (bicyclic) bond motifs is 1. The second-order valence-corrected chi connectivity index (χ2v) is 7.51. The Morgan fingerprint density at radius 1 is 0.926 bits per heavy atom. The molecule has 2 aromatic rings. The molecule has 0 unspecified atom stereocenters. The van der Waals surface area contributed by atoms with Crippen molar-refractivity contribution in [2.45, 2.75) is 27.2 Å². The van der Waals surface area contributed by atoms with Gasteiger partial charge in [-0.15, -0.1) is 0 Å². The van der Waals surface area contributed by atoms with Crippen molar-refractivity contribution < 1.29 is 14.3 Å². The van der Waals surface area contributed by atoms with Gasteiger partial charge in [0.1, 0.15) is 11.5 Å². The lowest BCUT2D eigenvalue weighted by molar-refractivity contribution is -0.122. The molecule has 3 atom stereocenters. The first kappa shape index (κ1) is 17.5. The van der Waals surface area contributed by atoms with Crippen LogP contribution in [-0.4, -0.2) is 11.8 Å². The summed E-state index contributed by atoms with van der Waals surface area (Å²) in [5.74, 6) is 0.878. The zero-order chi connectivity index (χ0) is 19.1. The monoisotopic (exact) mass is 361 g/mol. The van der Waals surface area contributed by atoms with Crippen LogP contribution in [0.1, 0.15) is 24.5 Å². The van der Waals surface area contributed by atoms with Crippen LogP contribution in [0.2, 0.25) is 0 Å². The summed E-state index contributed by atoms with van der Waals surface area (Å²) in [4.78, 5) is 27.0. The number of aryl methyl sites for hydroxylation is 2. The maximum absolute atomic E-state index is 12.8. The summed E-state index contributed by atoms with van der Waals surface area (Å²) in [7, 11) is 0. The lowest BCUT2D eigenvalue weighted by Crippen LogP contribution is -2.31. The zero-order valence-corrected chi connectivity index (χ0v) is 15.8. The average molecular weight is 361 g/mol. The number of amides is 2. The molecule has 0 saturated carbocycles. The normalized spacial score (nSPS) is 24.3. The van der Waals surface area contributed by atoms with Crippen LogP contribution in [-0.2, 0) is 9.59 Å². The average Bonchev–Trinajstić information content (AvgIpc) is 2.91. The molecule has 4 heteroatoms. The van der Waals surface area contributed by atoms with Gasteiger partial charge in [-0.2, -0.15) is 0 Å². The highest BCUT2D eigenvalue weighted by atomic mass is 16.5. The summed E-state index contributed by atoms with van der Waals surface area (Å²) in [6.07, 6.45) is 4.70. The van der Waals surface area contributed by atoms with E-state index in [9.17, 15) is 9.59 Å². The van der Waals surface area contributed by atoms with Gasteiger partial charge in [0.25, 0.3) is 0 Å². The van der Waals surface area contributed by atoms with Gasteiger partial charge in [0.15, 0.2) is 0 Å². The smallest absolute Gasteiger partial charge is 0.238 e. The van der Waals surface area contributed by atoms with Gasteiger partial charge in [0, 0.05) is 0 Å². The Kier molecular flexibility index (Phi) is 4.34. The fourth-order valence-corrected chi connectivity index (χ4v) is 3.98. The lowest BCUT2D eigenvalue weighted by atomic mass is 9.78. The molecule has 0 bridgehead atoms. The standard InChI is InChI=1S/C23H23NO3/c1-14-7-10-19(13-16(14)3)27-18-11-8-17(9-12-18)24-22(25)20-6-4-5-15(2)21(20)23(24)26/h4-5,7-13,15,20-21H,6H2,1-3H3/t15-,20+,21+/m0/s1. The molecule has 0 spiro atoms. The van der Waals surface area contributed by atoms with Crippen LogP contribution in [0.25, 0.3) is 0 Å². The predicted molar refractivity (Wildman–Crippen MR) is 105 cm³/mol. The Labute approximate surface area is 159 Å². The van der Waals surface area contributed by atoms with E-state index in [4.69, 9.17) is 4.74 Å². The van der Waals surface area contributed by atoms with Crippen molar-refractivity contribution in [1.29, 1.82) is 0 Å². The first-order chi connectivity index (χ1) is 13.0. The van der Waals surface area contributed by atoms with Crippen molar-refractivity contribution in [1.82, 2.24) is 0 Å². The number of hydrogen-bond acceptors (Lipinski definition) is 3. The van der Waals surface area contributed by atoms with E-state index in [-0.39, 0.29) is 29.6 Å². The number of carbonyl (C=O) groups excluding carboxylic acids is 2. The number of carbonyl (C=O) groups is 2. The minimum atomic E-state index is -0.242. The number of rotatable bonds is 3. The van der Waals surface area contributed by atoms with Gasteiger partial charge in [-0.25, -0.2) is 0 Å². The van der Waals surface area contributed by atoms with Crippen LogP contribution >= 0.6 is 0 Å². The van der Waals surface area contributed by atoms with Crippen LogP contribution < -0.4 is 9.64 Å². The maximum Gasteiger partial charge on any atom is 0.238 e. The first-order valence-electron chi connectivity index (χ1n) is 9.35. The van der Waals surface area contributed by atoms with Crippen LogP contribution in [0, 0.1) is 31.6 Å². The third-order valence-corrected chi connectivity index (χ3v) is 5.68. The molecule has 4 rings (SSSR count). The van der Waals surface area contributed by atoms with E-state index in [2.05, 4.69) is 6.92 Å². The van der Waals surface area contributed by atoms with Crippen LogP contribution in [0.15, 0.2) is 54.6 Å². The molecule has 4 nitrogen and oxygen atoms in total. The van der Waals surface area contributed by atoms with Crippen molar-refractivity contribution in [2.24, 2.45) is 17.8 Å². The molecule has 2 aliphatic rings. The third-order valence-electron chi connectivity index (χ3n) is 5.68. The number of imide groups is 1. The van der Waals surface area contributed by atoms with Gasteiger partial charge in [-0.1, -0.05) is 25.1 Å². The Morgan fingerprint density at radius 2 is 1.63 bits per heavy atom. The quantitative estimate of drug-likeness (QED) is 0.583. The molecule has 1 heterocycles. The third kappa shape index (κ3) is 3.05. The first-order valence-corrected chi connectivity index (χ1v) is 9.35. The Balaban J connectivity index is 1.55. The minimum Gasteiger partial charge on any atom is -0.457 e. The highest BCUT2D eigenvalue weighted by Crippen LogP contribution is 2.40. The molecule has 138 valence electrons. The van der Waals surface area contributed by atoms with Crippen molar-refractivity contribution in [3.8, 4) is 11.5 Å². The number of nitrogens with zero attached hydrogens (tertiary/aromatic N) is 1. The van der Waals surface area contributed by atoms with E-state index in [0.29, 0.717) is 17.9 Å². The number of benzene rings is 2. The Hall–Kier alpha value is -2.88. The van der Waals surface area contributed by atoms with Gasteiger partial charge >= 0.3 is 0 Å². The lowest BCUT2D eigenvalue weighted by Gasteiger charge is -2.22. The molecule has 0 radical (unpaired) electrons. The number of hydrogen-bond donors (Lipinski definition) is 0. The van der Waals surface area contributed by atoms with Gasteiger partial charge in [0.05, 0.1) is 17.5 Å². The van der Waals surface area contributed by atoms with E-state index < -0.39 is 0 Å². The molecule has 1 aliphatic carbocycles. The van der Waals surface area contributed by atoms with Gasteiger partial charge in [-0.05, 0) is 73.7 Å². The molecule has 1 aliphatic heterocycles. The largest absolute Gasteiger partial charge is 0.457 e. The maximum atomic E-state index is 12.8. The summed E-state index contributed by atoms with van der Waals surface area (Å²) >= 11 is 0. The van der Waals surface area contributed by atoms with E-state index in [1.54, 1.807) is 24.3 Å². The predicted octanol–water partition coefficient (Wildman–Crippen LogP) is 4.80. The van der Waals surface area contributed by atoms with Gasteiger partial charge in [-0.3, -0.25) is 14.5 Å². The van der Waals surface area contributed by atoms with Crippen LogP contribution in [0.4, 0.5) is 5.69 Å². The molecule has 1 fully saturated rings. The van der Waals surface area contributed by atoms with E-state index in [1.807, 2.05) is 44.2 Å².